The van der Waals surface area contributed by atoms with Crippen LogP contribution in [0.5, 0.6) is 0 Å². The molecular formula is C18H16F3N5S. The zero-order chi connectivity index (χ0) is 19.3. The molecule has 5 nitrogen and oxygen atoms in total. The van der Waals surface area contributed by atoms with Crippen molar-refractivity contribution in [2.75, 3.05) is 17.2 Å². The van der Waals surface area contributed by atoms with Gasteiger partial charge in [-0.1, -0.05) is 6.07 Å². The van der Waals surface area contributed by atoms with Crippen molar-refractivity contribution in [2.24, 2.45) is 0 Å². The molecule has 27 heavy (non-hydrogen) atoms. The second-order valence-electron chi connectivity index (χ2n) is 5.43. The molecule has 0 saturated carbocycles. The van der Waals surface area contributed by atoms with Gasteiger partial charge in [-0.05, 0) is 49.0 Å². The Morgan fingerprint density at radius 1 is 1.07 bits per heavy atom. The summed E-state index contributed by atoms with van der Waals surface area (Å²) in [5, 5.41) is 6.10. The Balaban J connectivity index is 1.90. The second kappa shape index (κ2) is 8.26. The van der Waals surface area contributed by atoms with Crippen molar-refractivity contribution in [3.05, 3.63) is 54.9 Å². The van der Waals surface area contributed by atoms with E-state index in [1.165, 1.54) is 12.1 Å². The second-order valence-corrected chi connectivity index (χ2v) is 6.57. The van der Waals surface area contributed by atoms with E-state index >= 15 is 0 Å². The van der Waals surface area contributed by atoms with Gasteiger partial charge in [0.25, 0.3) is 0 Å². The van der Waals surface area contributed by atoms with E-state index in [-0.39, 0.29) is 16.7 Å². The lowest BCUT2D eigenvalue weighted by molar-refractivity contribution is -0.0328. The third-order valence-electron chi connectivity index (χ3n) is 3.36. The van der Waals surface area contributed by atoms with E-state index in [2.05, 4.69) is 25.6 Å². The highest BCUT2D eigenvalue weighted by atomic mass is 32.2. The average molecular weight is 391 g/mol. The van der Waals surface area contributed by atoms with Gasteiger partial charge in [0.15, 0.2) is 0 Å². The van der Waals surface area contributed by atoms with E-state index in [0.29, 0.717) is 29.7 Å². The van der Waals surface area contributed by atoms with E-state index in [1.54, 1.807) is 36.7 Å². The summed E-state index contributed by atoms with van der Waals surface area (Å²) >= 11 is -0.157. The maximum absolute atomic E-state index is 12.6. The van der Waals surface area contributed by atoms with E-state index in [9.17, 15) is 13.2 Å². The third-order valence-corrected chi connectivity index (χ3v) is 4.08. The van der Waals surface area contributed by atoms with Gasteiger partial charge < -0.3 is 10.6 Å². The Bertz CT molecular complexity index is 903. The summed E-state index contributed by atoms with van der Waals surface area (Å²) in [4.78, 5) is 13.0. The first kappa shape index (κ1) is 19.0. The minimum absolute atomic E-state index is 0.0981. The van der Waals surface area contributed by atoms with Crippen LogP contribution in [0.1, 0.15) is 6.92 Å². The van der Waals surface area contributed by atoms with Crippen molar-refractivity contribution < 1.29 is 13.2 Å². The number of halogens is 3. The summed E-state index contributed by atoms with van der Waals surface area (Å²) in [6.45, 7) is 2.55. The van der Waals surface area contributed by atoms with Gasteiger partial charge in [-0.25, -0.2) is 4.98 Å². The molecule has 0 aliphatic carbocycles. The van der Waals surface area contributed by atoms with Crippen LogP contribution in [0.25, 0.3) is 11.3 Å². The van der Waals surface area contributed by atoms with Crippen LogP contribution in [0.2, 0.25) is 0 Å². The molecule has 9 heteroatoms. The van der Waals surface area contributed by atoms with Crippen LogP contribution in [0.15, 0.2) is 59.8 Å². The number of nitrogens with zero attached hydrogens (tertiary/aromatic N) is 3. The fourth-order valence-electron chi connectivity index (χ4n) is 2.33. The molecule has 3 rings (SSSR count). The van der Waals surface area contributed by atoms with Crippen molar-refractivity contribution in [1.29, 1.82) is 0 Å². The van der Waals surface area contributed by atoms with Crippen molar-refractivity contribution in [2.45, 2.75) is 17.3 Å². The normalized spacial score (nSPS) is 11.3. The van der Waals surface area contributed by atoms with E-state index in [0.717, 1.165) is 5.56 Å². The van der Waals surface area contributed by atoms with Crippen molar-refractivity contribution in [3.8, 4) is 11.3 Å². The summed E-state index contributed by atoms with van der Waals surface area (Å²) in [5.41, 5.74) is -2.37. The molecule has 0 radical (unpaired) electrons. The maximum atomic E-state index is 12.6. The highest BCUT2D eigenvalue weighted by Crippen LogP contribution is 2.37. The number of aromatic nitrogens is 3. The Morgan fingerprint density at radius 3 is 2.63 bits per heavy atom. The zero-order valence-corrected chi connectivity index (χ0v) is 15.1. The molecule has 2 aromatic heterocycles. The first-order chi connectivity index (χ1) is 12.9. The van der Waals surface area contributed by atoms with Gasteiger partial charge in [0.05, 0.1) is 5.69 Å². The SMILES string of the molecule is CCNc1nc(Nc2cccc(SC(F)(F)F)c2)cc(-c2cccnc2)n1. The Morgan fingerprint density at radius 2 is 1.93 bits per heavy atom. The summed E-state index contributed by atoms with van der Waals surface area (Å²) < 4.78 is 37.8. The third kappa shape index (κ3) is 5.58. The smallest absolute Gasteiger partial charge is 0.354 e. The molecule has 2 heterocycles. The van der Waals surface area contributed by atoms with E-state index < -0.39 is 5.51 Å². The predicted octanol–water partition coefficient (Wildman–Crippen LogP) is 5.33. The van der Waals surface area contributed by atoms with Gasteiger partial charge in [-0.3, -0.25) is 4.98 Å². The number of benzene rings is 1. The number of anilines is 3. The molecule has 2 N–H and O–H groups in total. The summed E-state index contributed by atoms with van der Waals surface area (Å²) in [5.74, 6) is 0.885. The molecule has 0 spiro atoms. The standard InChI is InChI=1S/C18H16F3N5S/c1-2-23-17-25-15(12-5-4-8-22-11-12)10-16(26-17)24-13-6-3-7-14(9-13)27-18(19,20)21/h3-11H,2H2,1H3,(H2,23,24,25,26). The summed E-state index contributed by atoms with van der Waals surface area (Å²) in [6, 6.07) is 11.5. The molecule has 0 aliphatic rings. The van der Waals surface area contributed by atoms with Gasteiger partial charge in [0.1, 0.15) is 5.82 Å². The first-order valence-corrected chi connectivity index (χ1v) is 8.91. The molecule has 0 bridgehead atoms. The minimum atomic E-state index is -4.33. The average Bonchev–Trinajstić information content (AvgIpc) is 2.61. The lowest BCUT2D eigenvalue weighted by Gasteiger charge is -2.12. The molecule has 0 aliphatic heterocycles. The molecule has 3 aromatic rings. The molecule has 1 aromatic carbocycles. The summed E-state index contributed by atoms with van der Waals surface area (Å²) in [6.07, 6.45) is 3.35. The van der Waals surface area contributed by atoms with E-state index in [4.69, 9.17) is 0 Å². The zero-order valence-electron chi connectivity index (χ0n) is 14.3. The van der Waals surface area contributed by atoms with Crippen LogP contribution in [-0.2, 0) is 0 Å². The van der Waals surface area contributed by atoms with Crippen LogP contribution < -0.4 is 10.6 Å². The molecule has 0 fully saturated rings. The number of thioether (sulfide) groups is 1. The number of alkyl halides is 3. The molecule has 0 atom stereocenters. The fourth-order valence-corrected chi connectivity index (χ4v) is 2.93. The summed E-state index contributed by atoms with van der Waals surface area (Å²) in [7, 11) is 0. The fraction of sp³-hybridized carbons (Fsp3) is 0.167. The van der Waals surface area contributed by atoms with Crippen LogP contribution >= 0.6 is 11.8 Å². The number of nitrogens with one attached hydrogen (secondary N) is 2. The number of hydrogen-bond donors (Lipinski definition) is 2. The van der Waals surface area contributed by atoms with Crippen LogP contribution in [-0.4, -0.2) is 27.0 Å². The molecule has 0 unspecified atom stereocenters. The van der Waals surface area contributed by atoms with Crippen LogP contribution in [0.4, 0.5) is 30.6 Å². The van der Waals surface area contributed by atoms with Crippen LogP contribution in [0, 0.1) is 0 Å². The van der Waals surface area contributed by atoms with E-state index in [1.807, 2.05) is 13.0 Å². The van der Waals surface area contributed by atoms with Crippen molar-refractivity contribution in [3.63, 3.8) is 0 Å². The Kier molecular flexibility index (Phi) is 5.80. The Labute approximate surface area is 158 Å². The lowest BCUT2D eigenvalue weighted by Crippen LogP contribution is -2.05. The van der Waals surface area contributed by atoms with Gasteiger partial charge >= 0.3 is 5.51 Å². The number of hydrogen-bond acceptors (Lipinski definition) is 6. The van der Waals surface area contributed by atoms with Crippen molar-refractivity contribution >= 4 is 29.2 Å². The van der Waals surface area contributed by atoms with Gasteiger partial charge in [-0.2, -0.15) is 18.2 Å². The molecule has 0 saturated heterocycles. The quantitative estimate of drug-likeness (QED) is 0.554. The first-order valence-electron chi connectivity index (χ1n) is 8.09. The number of pyridine rings is 1. The van der Waals surface area contributed by atoms with Gasteiger partial charge in [-0.15, -0.1) is 0 Å². The topological polar surface area (TPSA) is 62.7 Å². The molecular weight excluding hydrogens is 375 g/mol. The predicted molar refractivity (Wildman–Crippen MR) is 101 cm³/mol. The van der Waals surface area contributed by atoms with Crippen molar-refractivity contribution in [1.82, 2.24) is 15.0 Å². The molecule has 0 amide bonds. The highest BCUT2D eigenvalue weighted by molar-refractivity contribution is 8.00. The Hall–Kier alpha value is -2.81. The van der Waals surface area contributed by atoms with Gasteiger partial charge in [0.2, 0.25) is 5.95 Å². The van der Waals surface area contributed by atoms with Gasteiger partial charge in [0, 0.05) is 41.2 Å². The monoisotopic (exact) mass is 391 g/mol. The maximum Gasteiger partial charge on any atom is 0.446 e. The largest absolute Gasteiger partial charge is 0.446 e. The van der Waals surface area contributed by atoms with Crippen LogP contribution in [0.3, 0.4) is 0 Å². The minimum Gasteiger partial charge on any atom is -0.354 e. The highest BCUT2D eigenvalue weighted by Gasteiger charge is 2.29. The lowest BCUT2D eigenvalue weighted by atomic mass is 10.2. The number of rotatable bonds is 6. The molecule has 140 valence electrons.